The molecule has 0 spiro atoms. The Morgan fingerprint density at radius 2 is 1.93 bits per heavy atom. The summed E-state index contributed by atoms with van der Waals surface area (Å²) in [5.41, 5.74) is 2.56. The second-order valence-electron chi connectivity index (χ2n) is 7.78. The second kappa shape index (κ2) is 8.24. The molecule has 0 bridgehead atoms. The highest BCUT2D eigenvalue weighted by Crippen LogP contribution is 2.24. The molecule has 154 valence electrons. The van der Waals surface area contributed by atoms with Crippen molar-refractivity contribution in [3.63, 3.8) is 0 Å². The van der Waals surface area contributed by atoms with Crippen molar-refractivity contribution >= 4 is 34.3 Å². The van der Waals surface area contributed by atoms with Gasteiger partial charge in [0.05, 0.1) is 6.20 Å². The molecule has 3 rings (SSSR count). The lowest BCUT2D eigenvalue weighted by atomic mass is 9.93. The van der Waals surface area contributed by atoms with Gasteiger partial charge in [-0.3, -0.25) is 10.2 Å². The SMILES string of the molecule is Cc1ccc(C(=O)NC(=N)/C=C(\O)C(C)(C)C)cc1Nc1ncnc2cncnc12. The van der Waals surface area contributed by atoms with Crippen LogP contribution in [0.4, 0.5) is 11.5 Å². The summed E-state index contributed by atoms with van der Waals surface area (Å²) in [5.74, 6) is -0.151. The molecular weight excluding hydrogens is 382 g/mol. The number of aromatic nitrogens is 4. The summed E-state index contributed by atoms with van der Waals surface area (Å²) in [4.78, 5) is 29.1. The maximum atomic E-state index is 12.6. The van der Waals surface area contributed by atoms with E-state index in [0.29, 0.717) is 28.1 Å². The highest BCUT2D eigenvalue weighted by atomic mass is 16.3. The molecule has 30 heavy (non-hydrogen) atoms. The fourth-order valence-electron chi connectivity index (χ4n) is 2.51. The summed E-state index contributed by atoms with van der Waals surface area (Å²) in [6.45, 7) is 7.34. The number of amidine groups is 1. The number of rotatable bonds is 4. The third kappa shape index (κ3) is 4.75. The Morgan fingerprint density at radius 1 is 1.17 bits per heavy atom. The summed E-state index contributed by atoms with van der Waals surface area (Å²) in [6.07, 6.45) is 5.66. The van der Waals surface area contributed by atoms with Crippen LogP contribution in [-0.2, 0) is 0 Å². The normalized spacial score (nSPS) is 11.9. The molecule has 0 unspecified atom stereocenters. The van der Waals surface area contributed by atoms with Gasteiger partial charge < -0.3 is 15.7 Å². The largest absolute Gasteiger partial charge is 0.512 e. The Morgan fingerprint density at radius 3 is 2.67 bits per heavy atom. The van der Waals surface area contributed by atoms with Crippen molar-refractivity contribution in [3.05, 3.63) is 60.0 Å². The monoisotopic (exact) mass is 405 g/mol. The summed E-state index contributed by atoms with van der Waals surface area (Å²) in [5, 5.41) is 23.6. The average Bonchev–Trinajstić information content (AvgIpc) is 2.69. The Bertz CT molecular complexity index is 1140. The van der Waals surface area contributed by atoms with E-state index in [0.717, 1.165) is 5.56 Å². The molecular formula is C21H23N7O2. The number of amides is 1. The fraction of sp³-hybridized carbons (Fsp3) is 0.238. The van der Waals surface area contributed by atoms with Crippen LogP contribution in [0.2, 0.25) is 0 Å². The van der Waals surface area contributed by atoms with Crippen LogP contribution in [0.15, 0.2) is 48.9 Å². The van der Waals surface area contributed by atoms with Gasteiger partial charge in [-0.15, -0.1) is 0 Å². The van der Waals surface area contributed by atoms with Crippen LogP contribution in [0.25, 0.3) is 11.0 Å². The number of benzene rings is 1. The highest BCUT2D eigenvalue weighted by molar-refractivity contribution is 6.09. The number of carbonyl (C=O) groups excluding carboxylic acids is 1. The standard InChI is InChI=1S/C21H23N7O2/c1-12-5-6-13(20(30)28-17(22)8-16(29)21(2,3)4)7-14(12)27-19-18-15(24-11-26-19)9-23-10-25-18/h5-11,29H,1-4H3,(H2,22,28,30)(H,24,26,27)/b16-8-. The first-order valence-electron chi connectivity index (χ1n) is 9.24. The number of nitrogens with zero attached hydrogens (tertiary/aromatic N) is 4. The van der Waals surface area contributed by atoms with Crippen LogP contribution >= 0.6 is 0 Å². The van der Waals surface area contributed by atoms with Crippen molar-refractivity contribution in [2.45, 2.75) is 27.7 Å². The van der Waals surface area contributed by atoms with Gasteiger partial charge >= 0.3 is 0 Å². The lowest BCUT2D eigenvalue weighted by molar-refractivity contribution is 0.0977. The molecule has 9 nitrogen and oxygen atoms in total. The average molecular weight is 405 g/mol. The van der Waals surface area contributed by atoms with E-state index in [2.05, 4.69) is 30.6 Å². The minimum Gasteiger partial charge on any atom is -0.512 e. The van der Waals surface area contributed by atoms with E-state index in [4.69, 9.17) is 5.41 Å². The van der Waals surface area contributed by atoms with Crippen LogP contribution in [0.5, 0.6) is 0 Å². The van der Waals surface area contributed by atoms with Gasteiger partial charge in [-0.1, -0.05) is 26.8 Å². The van der Waals surface area contributed by atoms with Gasteiger partial charge in [0.15, 0.2) is 5.82 Å². The number of nitrogens with one attached hydrogen (secondary N) is 3. The topological polar surface area (TPSA) is 137 Å². The predicted molar refractivity (Wildman–Crippen MR) is 115 cm³/mol. The molecule has 0 aliphatic rings. The van der Waals surface area contributed by atoms with Gasteiger partial charge in [-0.25, -0.2) is 19.9 Å². The Hall–Kier alpha value is -3.88. The Balaban J connectivity index is 1.83. The molecule has 1 amide bonds. The van der Waals surface area contributed by atoms with Gasteiger partial charge in [0.25, 0.3) is 5.91 Å². The zero-order valence-electron chi connectivity index (χ0n) is 17.2. The first kappa shape index (κ1) is 20.8. The van der Waals surface area contributed by atoms with Crippen molar-refractivity contribution in [1.29, 1.82) is 5.41 Å². The molecule has 2 heterocycles. The van der Waals surface area contributed by atoms with Crippen LogP contribution in [0.3, 0.4) is 0 Å². The van der Waals surface area contributed by atoms with Gasteiger partial charge in [0.1, 0.15) is 35.3 Å². The number of hydrogen-bond acceptors (Lipinski definition) is 8. The number of hydrogen-bond donors (Lipinski definition) is 4. The minimum absolute atomic E-state index is 0.0108. The third-order valence-corrected chi connectivity index (χ3v) is 4.35. The maximum absolute atomic E-state index is 12.6. The predicted octanol–water partition coefficient (Wildman–Crippen LogP) is 3.67. The number of carbonyl (C=O) groups is 1. The van der Waals surface area contributed by atoms with Crippen molar-refractivity contribution < 1.29 is 9.90 Å². The molecule has 9 heteroatoms. The first-order valence-corrected chi connectivity index (χ1v) is 9.24. The molecule has 4 N–H and O–H groups in total. The molecule has 0 radical (unpaired) electrons. The Labute approximate surface area is 173 Å². The summed E-state index contributed by atoms with van der Waals surface area (Å²) >= 11 is 0. The number of aryl methyl sites for hydroxylation is 1. The molecule has 0 aliphatic carbocycles. The maximum Gasteiger partial charge on any atom is 0.256 e. The van der Waals surface area contributed by atoms with Crippen molar-refractivity contribution in [2.75, 3.05) is 5.32 Å². The van der Waals surface area contributed by atoms with Gasteiger partial charge in [-0.05, 0) is 24.6 Å². The zero-order valence-corrected chi connectivity index (χ0v) is 17.2. The highest BCUT2D eigenvalue weighted by Gasteiger charge is 2.17. The third-order valence-electron chi connectivity index (χ3n) is 4.35. The number of aliphatic hydroxyl groups is 1. The van der Waals surface area contributed by atoms with E-state index in [9.17, 15) is 9.90 Å². The molecule has 2 aromatic heterocycles. The summed E-state index contributed by atoms with van der Waals surface area (Å²) in [6, 6.07) is 5.12. The van der Waals surface area contributed by atoms with E-state index < -0.39 is 11.3 Å². The van der Waals surface area contributed by atoms with Gasteiger partial charge in [-0.2, -0.15) is 0 Å². The van der Waals surface area contributed by atoms with Crippen LogP contribution in [-0.4, -0.2) is 36.8 Å². The number of allylic oxidation sites excluding steroid dienone is 1. The first-order chi connectivity index (χ1) is 14.1. The van der Waals surface area contributed by atoms with E-state index >= 15 is 0 Å². The molecule has 0 atom stereocenters. The van der Waals surface area contributed by atoms with Crippen molar-refractivity contribution in [1.82, 2.24) is 25.3 Å². The van der Waals surface area contributed by atoms with Crippen molar-refractivity contribution in [3.8, 4) is 0 Å². The summed E-state index contributed by atoms with van der Waals surface area (Å²) in [7, 11) is 0. The van der Waals surface area contributed by atoms with Gasteiger partial charge in [0.2, 0.25) is 0 Å². The number of anilines is 2. The van der Waals surface area contributed by atoms with Crippen LogP contribution in [0, 0.1) is 17.7 Å². The lowest BCUT2D eigenvalue weighted by Crippen LogP contribution is -2.29. The smallest absolute Gasteiger partial charge is 0.256 e. The van der Waals surface area contributed by atoms with Gasteiger partial charge in [0, 0.05) is 22.7 Å². The minimum atomic E-state index is -0.512. The Kier molecular flexibility index (Phi) is 5.72. The summed E-state index contributed by atoms with van der Waals surface area (Å²) < 4.78 is 0. The molecule has 0 saturated carbocycles. The van der Waals surface area contributed by atoms with E-state index in [1.54, 1.807) is 24.4 Å². The van der Waals surface area contributed by atoms with Crippen LogP contribution in [0.1, 0.15) is 36.7 Å². The molecule has 0 saturated heterocycles. The second-order valence-corrected chi connectivity index (χ2v) is 7.78. The van der Waals surface area contributed by atoms with Crippen molar-refractivity contribution in [2.24, 2.45) is 5.41 Å². The number of fused-ring (bicyclic) bond motifs is 1. The number of aliphatic hydroxyl groups excluding tert-OH is 1. The molecule has 3 aromatic rings. The fourth-order valence-corrected chi connectivity index (χ4v) is 2.51. The van der Waals surface area contributed by atoms with E-state index in [1.807, 2.05) is 27.7 Å². The molecule has 0 aliphatic heterocycles. The quantitative estimate of drug-likeness (QED) is 0.295. The van der Waals surface area contributed by atoms with E-state index in [1.165, 1.54) is 18.7 Å². The van der Waals surface area contributed by atoms with Crippen LogP contribution < -0.4 is 10.6 Å². The lowest BCUT2D eigenvalue weighted by Gasteiger charge is -2.17. The molecule has 0 fully saturated rings. The van der Waals surface area contributed by atoms with E-state index in [-0.39, 0.29) is 11.6 Å². The molecule has 1 aromatic carbocycles. The zero-order chi connectivity index (χ0) is 21.9.